The van der Waals surface area contributed by atoms with Crippen LogP contribution in [0.3, 0.4) is 0 Å². The molecule has 2 N–H and O–H groups in total. The van der Waals surface area contributed by atoms with Gasteiger partial charge in [-0.05, 0) is 18.1 Å². The van der Waals surface area contributed by atoms with Gasteiger partial charge in [0.25, 0.3) is 5.69 Å². The Hall–Kier alpha value is -1.27. The summed E-state index contributed by atoms with van der Waals surface area (Å²) in [6.07, 6.45) is 0.919. The van der Waals surface area contributed by atoms with E-state index in [1.807, 2.05) is 19.9 Å². The summed E-state index contributed by atoms with van der Waals surface area (Å²) in [6.45, 7) is 4.77. The van der Waals surface area contributed by atoms with Crippen LogP contribution < -0.4 is 5.32 Å². The van der Waals surface area contributed by atoms with Gasteiger partial charge >= 0.3 is 0 Å². The highest BCUT2D eigenvalue weighted by molar-refractivity contribution is 7.99. The van der Waals surface area contributed by atoms with Gasteiger partial charge in [-0.2, -0.15) is 11.8 Å². The molecule has 6 heteroatoms. The van der Waals surface area contributed by atoms with Crippen LogP contribution in [0, 0.1) is 10.1 Å². The van der Waals surface area contributed by atoms with Crippen LogP contribution in [0.4, 0.5) is 11.4 Å². The first-order valence-corrected chi connectivity index (χ1v) is 7.37. The third-order valence-corrected chi connectivity index (χ3v) is 3.83. The molecule has 0 radical (unpaired) electrons. The third-order valence-electron chi connectivity index (χ3n) is 2.62. The zero-order valence-electron chi connectivity index (χ0n) is 11.3. The molecule has 0 spiro atoms. The predicted molar refractivity (Wildman–Crippen MR) is 79.7 cm³/mol. The molecule has 106 valence electrons. The largest absolute Gasteiger partial charge is 0.395 e. The van der Waals surface area contributed by atoms with E-state index in [4.69, 9.17) is 5.11 Å². The Kier molecular flexibility index (Phi) is 6.66. The molecule has 1 atom stereocenters. The van der Waals surface area contributed by atoms with Gasteiger partial charge in [-0.3, -0.25) is 10.1 Å². The number of nitrogens with one attached hydrogen (secondary N) is 1. The molecule has 19 heavy (non-hydrogen) atoms. The van der Waals surface area contributed by atoms with Crippen molar-refractivity contribution in [2.24, 2.45) is 0 Å². The van der Waals surface area contributed by atoms with Gasteiger partial charge in [-0.15, -0.1) is 0 Å². The number of nitrogens with zero attached hydrogens (tertiary/aromatic N) is 1. The lowest BCUT2D eigenvalue weighted by atomic mass is 10.2. The molecule has 0 amide bonds. The Labute approximate surface area is 117 Å². The van der Waals surface area contributed by atoms with Crippen molar-refractivity contribution in [1.82, 2.24) is 0 Å². The molecular weight excluding hydrogens is 264 g/mol. The number of hydrogen-bond acceptors (Lipinski definition) is 5. The molecule has 0 fully saturated rings. The van der Waals surface area contributed by atoms with Crippen LogP contribution >= 0.6 is 11.8 Å². The van der Waals surface area contributed by atoms with Crippen molar-refractivity contribution in [3.63, 3.8) is 0 Å². The summed E-state index contributed by atoms with van der Waals surface area (Å²) in [6, 6.07) is 5.25. The number of hydrogen-bond donors (Lipinski definition) is 2. The van der Waals surface area contributed by atoms with E-state index in [1.165, 1.54) is 0 Å². The highest BCUT2D eigenvalue weighted by atomic mass is 32.2. The van der Waals surface area contributed by atoms with Gasteiger partial charge in [0.05, 0.1) is 11.5 Å². The molecule has 0 aliphatic heterocycles. The van der Waals surface area contributed by atoms with Crippen LogP contribution in [0.1, 0.15) is 25.8 Å². The van der Waals surface area contributed by atoms with Crippen LogP contribution in [0.25, 0.3) is 0 Å². The molecule has 1 rings (SSSR count). The zero-order chi connectivity index (χ0) is 14.3. The quantitative estimate of drug-likeness (QED) is 0.567. The summed E-state index contributed by atoms with van der Waals surface area (Å²) in [4.78, 5) is 10.7. The van der Waals surface area contributed by atoms with Crippen LogP contribution in [-0.4, -0.2) is 28.4 Å². The first-order valence-electron chi connectivity index (χ1n) is 6.32. The standard InChI is InChI=1S/C13H20N2O3S/c1-3-6-14-12-5-4-11(7-13(12)15(17)18)9-19-10(2)8-16/h4-5,7,10,14,16H,3,6,8-9H2,1-2H3. The second-order valence-electron chi connectivity index (χ2n) is 4.34. The van der Waals surface area contributed by atoms with Gasteiger partial charge in [0, 0.05) is 23.6 Å². The van der Waals surface area contributed by atoms with E-state index in [1.54, 1.807) is 23.9 Å². The minimum Gasteiger partial charge on any atom is -0.395 e. The molecule has 0 saturated carbocycles. The SMILES string of the molecule is CCCNc1ccc(CSC(C)CO)cc1[N+](=O)[O-]. The maximum atomic E-state index is 11.1. The van der Waals surface area contributed by atoms with Crippen molar-refractivity contribution in [3.05, 3.63) is 33.9 Å². The van der Waals surface area contributed by atoms with Gasteiger partial charge in [0.2, 0.25) is 0 Å². The van der Waals surface area contributed by atoms with Crippen LogP contribution in [0.15, 0.2) is 18.2 Å². The normalized spacial score (nSPS) is 12.2. The fourth-order valence-corrected chi connectivity index (χ4v) is 2.28. The highest BCUT2D eigenvalue weighted by Gasteiger charge is 2.14. The topological polar surface area (TPSA) is 75.4 Å². The maximum absolute atomic E-state index is 11.1. The first kappa shape index (κ1) is 15.8. The molecule has 0 aromatic heterocycles. The molecule has 0 saturated heterocycles. The van der Waals surface area contributed by atoms with E-state index in [0.29, 0.717) is 11.4 Å². The van der Waals surface area contributed by atoms with Crippen LogP contribution in [0.2, 0.25) is 0 Å². The number of rotatable bonds is 8. The van der Waals surface area contributed by atoms with E-state index >= 15 is 0 Å². The van der Waals surface area contributed by atoms with E-state index < -0.39 is 0 Å². The van der Waals surface area contributed by atoms with Crippen molar-refractivity contribution in [3.8, 4) is 0 Å². The van der Waals surface area contributed by atoms with Gasteiger partial charge in [0.1, 0.15) is 5.69 Å². The fourth-order valence-electron chi connectivity index (χ4n) is 1.52. The Balaban J connectivity index is 2.80. The fraction of sp³-hybridized carbons (Fsp3) is 0.538. The molecule has 5 nitrogen and oxygen atoms in total. The van der Waals surface area contributed by atoms with Gasteiger partial charge in [-0.1, -0.05) is 19.9 Å². The number of aliphatic hydroxyl groups excluding tert-OH is 1. The van der Waals surface area contributed by atoms with E-state index in [0.717, 1.165) is 18.5 Å². The molecule has 0 bridgehead atoms. The number of anilines is 1. The van der Waals surface area contributed by atoms with Crippen LogP contribution in [0.5, 0.6) is 0 Å². The monoisotopic (exact) mass is 284 g/mol. The zero-order valence-corrected chi connectivity index (χ0v) is 12.1. The Morgan fingerprint density at radius 1 is 1.53 bits per heavy atom. The summed E-state index contributed by atoms with van der Waals surface area (Å²) in [7, 11) is 0. The summed E-state index contributed by atoms with van der Waals surface area (Å²) >= 11 is 1.58. The third kappa shape index (κ3) is 5.08. The second-order valence-corrected chi connectivity index (χ2v) is 5.77. The summed E-state index contributed by atoms with van der Waals surface area (Å²) < 4.78 is 0. The molecular formula is C13H20N2O3S. The van der Waals surface area contributed by atoms with Crippen LogP contribution in [-0.2, 0) is 5.75 Å². The summed E-state index contributed by atoms with van der Waals surface area (Å²) in [5, 5.41) is 23.2. The maximum Gasteiger partial charge on any atom is 0.292 e. The molecule has 0 heterocycles. The van der Waals surface area contributed by atoms with Gasteiger partial charge < -0.3 is 10.4 Å². The molecule has 1 aromatic rings. The number of nitro groups is 1. The minimum atomic E-state index is -0.359. The lowest BCUT2D eigenvalue weighted by Crippen LogP contribution is -2.05. The lowest BCUT2D eigenvalue weighted by Gasteiger charge is -2.09. The molecule has 1 unspecified atom stereocenters. The second kappa shape index (κ2) is 8.01. The van der Waals surface area contributed by atoms with Crippen molar-refractivity contribution in [2.45, 2.75) is 31.3 Å². The number of benzene rings is 1. The Morgan fingerprint density at radius 3 is 2.84 bits per heavy atom. The smallest absolute Gasteiger partial charge is 0.292 e. The molecule has 0 aliphatic carbocycles. The van der Waals surface area contributed by atoms with Gasteiger partial charge in [-0.25, -0.2) is 0 Å². The average molecular weight is 284 g/mol. The first-order chi connectivity index (χ1) is 9.08. The van der Waals surface area contributed by atoms with Gasteiger partial charge in [0.15, 0.2) is 0 Å². The highest BCUT2D eigenvalue weighted by Crippen LogP contribution is 2.28. The van der Waals surface area contributed by atoms with Crippen molar-refractivity contribution >= 4 is 23.1 Å². The van der Waals surface area contributed by atoms with Crippen molar-refractivity contribution in [1.29, 1.82) is 0 Å². The summed E-state index contributed by atoms with van der Waals surface area (Å²) in [5.41, 5.74) is 1.58. The lowest BCUT2D eigenvalue weighted by molar-refractivity contribution is -0.384. The number of aliphatic hydroxyl groups is 1. The van der Waals surface area contributed by atoms with Crippen molar-refractivity contribution in [2.75, 3.05) is 18.5 Å². The Bertz CT molecular complexity index is 426. The molecule has 0 aliphatic rings. The van der Waals surface area contributed by atoms with Crippen molar-refractivity contribution < 1.29 is 10.0 Å². The number of nitro benzene ring substituents is 1. The van der Waals surface area contributed by atoms with E-state index in [9.17, 15) is 10.1 Å². The van der Waals surface area contributed by atoms with E-state index in [-0.39, 0.29) is 22.5 Å². The summed E-state index contributed by atoms with van der Waals surface area (Å²) in [5.74, 6) is 0.663. The Morgan fingerprint density at radius 2 is 2.26 bits per heavy atom. The number of thioether (sulfide) groups is 1. The molecule has 1 aromatic carbocycles. The minimum absolute atomic E-state index is 0.114. The average Bonchev–Trinajstić information content (AvgIpc) is 2.42. The predicted octanol–water partition coefficient (Wildman–Crippen LogP) is 3.03. The van der Waals surface area contributed by atoms with E-state index in [2.05, 4.69) is 5.32 Å².